The van der Waals surface area contributed by atoms with Crippen LogP contribution in [0.3, 0.4) is 0 Å². The Hall–Kier alpha value is -3.72. The number of carbonyl (C=O) groups excluding carboxylic acids is 2. The highest BCUT2D eigenvalue weighted by Gasteiger charge is 2.29. The van der Waals surface area contributed by atoms with Crippen LogP contribution in [0.25, 0.3) is 11.1 Å². The second kappa shape index (κ2) is 9.83. The number of ether oxygens (including phenoxy) is 1. The van der Waals surface area contributed by atoms with Crippen LogP contribution < -0.4 is 10.6 Å². The summed E-state index contributed by atoms with van der Waals surface area (Å²) in [6.45, 7) is 1.96. The molecule has 1 aliphatic carbocycles. The molecule has 2 aromatic carbocycles. The van der Waals surface area contributed by atoms with Crippen LogP contribution in [-0.2, 0) is 16.1 Å². The first-order valence-corrected chi connectivity index (χ1v) is 11.3. The highest BCUT2D eigenvalue weighted by Crippen LogP contribution is 2.44. The van der Waals surface area contributed by atoms with E-state index >= 15 is 0 Å². The van der Waals surface area contributed by atoms with Crippen molar-refractivity contribution in [2.45, 2.75) is 31.8 Å². The van der Waals surface area contributed by atoms with Crippen LogP contribution in [0.15, 0.2) is 54.7 Å². The van der Waals surface area contributed by atoms with E-state index in [1.165, 1.54) is 6.20 Å². The predicted octanol–water partition coefficient (Wildman–Crippen LogP) is 3.77. The van der Waals surface area contributed by atoms with Gasteiger partial charge in [0.05, 0.1) is 19.2 Å². The minimum absolute atomic E-state index is 0.0221. The number of amides is 2. The monoisotopic (exact) mass is 465 g/mol. The molecule has 8 nitrogen and oxygen atoms in total. The summed E-state index contributed by atoms with van der Waals surface area (Å²) in [6.07, 6.45) is 0.677. The Morgan fingerprint density at radius 1 is 1.09 bits per heavy atom. The SMILES string of the molecule is C[C@@H](CC(=O)O)NC(=O)c1cnc(CNC(=O)OCC2c3ccccc3-c3ccccc32)s1. The zero-order chi connectivity index (χ0) is 23.4. The summed E-state index contributed by atoms with van der Waals surface area (Å²) < 4.78 is 5.50. The van der Waals surface area contributed by atoms with Gasteiger partial charge >= 0.3 is 12.1 Å². The molecule has 9 heteroatoms. The van der Waals surface area contributed by atoms with Gasteiger partial charge in [-0.25, -0.2) is 9.78 Å². The Kier molecular flexibility index (Phi) is 6.69. The molecule has 170 valence electrons. The summed E-state index contributed by atoms with van der Waals surface area (Å²) >= 11 is 1.13. The number of carboxylic acid groups (broad SMARTS) is 1. The zero-order valence-electron chi connectivity index (χ0n) is 17.9. The van der Waals surface area contributed by atoms with Crippen molar-refractivity contribution < 1.29 is 24.2 Å². The smallest absolute Gasteiger partial charge is 0.407 e. The van der Waals surface area contributed by atoms with E-state index in [1.807, 2.05) is 24.3 Å². The number of carboxylic acids is 1. The minimum atomic E-state index is -0.986. The molecular weight excluding hydrogens is 442 g/mol. The van der Waals surface area contributed by atoms with Gasteiger partial charge in [0, 0.05) is 12.0 Å². The fourth-order valence-corrected chi connectivity index (χ4v) is 4.66. The molecule has 0 saturated heterocycles. The standard InChI is InChI=1S/C24H23N3O5S/c1-14(10-22(28)29)27-23(30)20-11-25-21(33-20)12-26-24(31)32-13-19-17-8-4-2-6-15(17)16-7-3-5-9-18(16)19/h2-9,11,14,19H,10,12-13H2,1H3,(H,26,31)(H,27,30)(H,28,29)/t14-/m0/s1. The van der Waals surface area contributed by atoms with Gasteiger partial charge in [-0.3, -0.25) is 9.59 Å². The highest BCUT2D eigenvalue weighted by molar-refractivity contribution is 7.13. The summed E-state index contributed by atoms with van der Waals surface area (Å²) in [4.78, 5) is 39.7. The molecule has 0 spiro atoms. The van der Waals surface area contributed by atoms with Crippen LogP contribution in [0.5, 0.6) is 0 Å². The number of benzene rings is 2. The highest BCUT2D eigenvalue weighted by atomic mass is 32.1. The Balaban J connectivity index is 1.30. The number of rotatable bonds is 8. The first kappa shape index (κ1) is 22.5. The molecule has 0 radical (unpaired) electrons. The quantitative estimate of drug-likeness (QED) is 0.466. The number of thiazole rings is 1. The van der Waals surface area contributed by atoms with E-state index in [-0.39, 0.29) is 25.5 Å². The van der Waals surface area contributed by atoms with Gasteiger partial charge < -0.3 is 20.5 Å². The Labute approximate surface area is 194 Å². The number of alkyl carbamates (subject to hydrolysis) is 1. The van der Waals surface area contributed by atoms with Gasteiger partial charge in [-0.2, -0.15) is 0 Å². The molecule has 0 aliphatic heterocycles. The van der Waals surface area contributed by atoms with Gasteiger partial charge in [0.15, 0.2) is 0 Å². The largest absolute Gasteiger partial charge is 0.481 e. The molecule has 1 heterocycles. The fourth-order valence-electron chi connectivity index (χ4n) is 3.90. The van der Waals surface area contributed by atoms with Crippen LogP contribution in [0.1, 0.15) is 45.1 Å². The van der Waals surface area contributed by atoms with Crippen LogP contribution >= 0.6 is 11.3 Å². The minimum Gasteiger partial charge on any atom is -0.481 e. The van der Waals surface area contributed by atoms with Crippen molar-refractivity contribution in [3.63, 3.8) is 0 Å². The van der Waals surface area contributed by atoms with E-state index < -0.39 is 24.0 Å². The molecule has 2 amide bonds. The van der Waals surface area contributed by atoms with Crippen molar-refractivity contribution in [3.8, 4) is 11.1 Å². The van der Waals surface area contributed by atoms with Gasteiger partial charge in [0.25, 0.3) is 5.91 Å². The Bertz CT molecular complexity index is 1150. The van der Waals surface area contributed by atoms with Crippen LogP contribution in [0, 0.1) is 0 Å². The normalized spacial score (nSPS) is 13.0. The van der Waals surface area contributed by atoms with Crippen molar-refractivity contribution >= 4 is 29.3 Å². The maximum absolute atomic E-state index is 12.3. The lowest BCUT2D eigenvalue weighted by atomic mass is 9.98. The lowest BCUT2D eigenvalue weighted by Crippen LogP contribution is -2.33. The number of fused-ring (bicyclic) bond motifs is 3. The van der Waals surface area contributed by atoms with Crippen molar-refractivity contribution in [1.29, 1.82) is 0 Å². The van der Waals surface area contributed by atoms with E-state index in [1.54, 1.807) is 6.92 Å². The van der Waals surface area contributed by atoms with E-state index in [2.05, 4.69) is 39.9 Å². The van der Waals surface area contributed by atoms with E-state index in [9.17, 15) is 14.4 Å². The second-order valence-electron chi connectivity index (χ2n) is 7.77. The second-order valence-corrected chi connectivity index (χ2v) is 8.88. The van der Waals surface area contributed by atoms with Crippen molar-refractivity contribution in [2.24, 2.45) is 0 Å². The molecule has 4 rings (SSSR count). The fraction of sp³-hybridized carbons (Fsp3) is 0.250. The van der Waals surface area contributed by atoms with Gasteiger partial charge in [-0.1, -0.05) is 48.5 Å². The number of aromatic nitrogens is 1. The van der Waals surface area contributed by atoms with Crippen molar-refractivity contribution in [3.05, 3.63) is 75.7 Å². The molecule has 0 bridgehead atoms. The molecule has 0 unspecified atom stereocenters. The molecule has 3 N–H and O–H groups in total. The Morgan fingerprint density at radius 2 is 1.73 bits per heavy atom. The van der Waals surface area contributed by atoms with Crippen molar-refractivity contribution in [2.75, 3.05) is 6.61 Å². The topological polar surface area (TPSA) is 118 Å². The average Bonchev–Trinajstić information content (AvgIpc) is 3.39. The molecule has 1 aromatic heterocycles. The van der Waals surface area contributed by atoms with Gasteiger partial charge in [0.1, 0.15) is 16.5 Å². The number of nitrogens with one attached hydrogen (secondary N) is 2. The Morgan fingerprint density at radius 3 is 2.36 bits per heavy atom. The predicted molar refractivity (Wildman–Crippen MR) is 123 cm³/mol. The zero-order valence-corrected chi connectivity index (χ0v) is 18.7. The summed E-state index contributed by atoms with van der Waals surface area (Å²) in [5.74, 6) is -1.40. The summed E-state index contributed by atoms with van der Waals surface area (Å²) in [7, 11) is 0. The first-order chi connectivity index (χ1) is 15.9. The molecule has 33 heavy (non-hydrogen) atoms. The molecular formula is C24H23N3O5S. The van der Waals surface area contributed by atoms with Crippen LogP contribution in [0.2, 0.25) is 0 Å². The third-order valence-corrected chi connectivity index (χ3v) is 6.36. The molecule has 1 atom stereocenters. The van der Waals surface area contributed by atoms with E-state index in [0.29, 0.717) is 9.88 Å². The maximum Gasteiger partial charge on any atom is 0.407 e. The maximum atomic E-state index is 12.3. The average molecular weight is 466 g/mol. The van der Waals surface area contributed by atoms with E-state index in [4.69, 9.17) is 9.84 Å². The molecule has 0 saturated carbocycles. The number of hydrogen-bond acceptors (Lipinski definition) is 6. The number of aliphatic carboxylic acids is 1. The lowest BCUT2D eigenvalue weighted by molar-refractivity contribution is -0.137. The molecule has 3 aromatic rings. The van der Waals surface area contributed by atoms with Gasteiger partial charge in [-0.15, -0.1) is 11.3 Å². The summed E-state index contributed by atoms with van der Waals surface area (Å²) in [5, 5.41) is 14.6. The molecule has 0 fully saturated rings. The van der Waals surface area contributed by atoms with Crippen molar-refractivity contribution in [1.82, 2.24) is 15.6 Å². The van der Waals surface area contributed by atoms with Gasteiger partial charge in [-0.05, 0) is 29.2 Å². The molecule has 1 aliphatic rings. The van der Waals surface area contributed by atoms with Gasteiger partial charge in [0.2, 0.25) is 0 Å². The third-order valence-electron chi connectivity index (χ3n) is 5.36. The number of nitrogens with zero attached hydrogens (tertiary/aromatic N) is 1. The van der Waals surface area contributed by atoms with E-state index in [0.717, 1.165) is 33.6 Å². The third kappa shape index (κ3) is 5.20. The van der Waals surface area contributed by atoms with Crippen LogP contribution in [-0.4, -0.2) is 40.7 Å². The lowest BCUT2D eigenvalue weighted by Gasteiger charge is -2.14. The number of hydrogen-bond donors (Lipinski definition) is 3. The summed E-state index contributed by atoms with van der Waals surface area (Å²) in [6, 6.07) is 15.7. The summed E-state index contributed by atoms with van der Waals surface area (Å²) in [5.41, 5.74) is 4.60. The van der Waals surface area contributed by atoms with Crippen LogP contribution in [0.4, 0.5) is 4.79 Å². The first-order valence-electron chi connectivity index (χ1n) is 10.5. The number of carbonyl (C=O) groups is 3.